The molecule has 2 atom stereocenters. The summed E-state index contributed by atoms with van der Waals surface area (Å²) in [5, 5.41) is 10.3. The van der Waals surface area contributed by atoms with Crippen LogP contribution in [0.2, 0.25) is 5.02 Å². The number of fused-ring (bicyclic) bond motifs is 6. The maximum atomic E-state index is 13.5. The predicted octanol–water partition coefficient (Wildman–Crippen LogP) is 5.46. The highest BCUT2D eigenvalue weighted by molar-refractivity contribution is 9.10. The van der Waals surface area contributed by atoms with Crippen LogP contribution in [-0.4, -0.2) is 23.7 Å². The number of anilines is 1. The summed E-state index contributed by atoms with van der Waals surface area (Å²) in [5.41, 5.74) is 2.77. The molecule has 1 amide bonds. The molecule has 1 N–H and O–H groups in total. The van der Waals surface area contributed by atoms with E-state index in [1.165, 1.54) is 0 Å². The van der Waals surface area contributed by atoms with Gasteiger partial charge in [-0.1, -0.05) is 27.5 Å². The number of methoxy groups -OCH3 is 1. The molecule has 3 heterocycles. The zero-order valence-corrected chi connectivity index (χ0v) is 19.3. The van der Waals surface area contributed by atoms with Gasteiger partial charge in [-0.05, 0) is 66.2 Å². The van der Waals surface area contributed by atoms with Crippen LogP contribution in [0.1, 0.15) is 29.2 Å². The highest BCUT2D eigenvalue weighted by Crippen LogP contribution is 2.54. The second-order valence-corrected chi connectivity index (χ2v) is 9.26. The van der Waals surface area contributed by atoms with Crippen molar-refractivity contribution >= 4 is 44.8 Å². The molecule has 32 heavy (non-hydrogen) atoms. The average Bonchev–Trinajstić information content (AvgIpc) is 3.36. The van der Waals surface area contributed by atoms with Crippen molar-refractivity contribution in [1.82, 2.24) is 5.01 Å². The number of carbonyl (C=O) groups excluding carboxylic acids is 1. The highest BCUT2D eigenvalue weighted by atomic mass is 79.9. The number of carbonyl (C=O) groups is 1. The van der Waals surface area contributed by atoms with Gasteiger partial charge in [-0.3, -0.25) is 4.79 Å². The molecule has 0 saturated carbocycles. The monoisotopic (exact) mass is 509 g/mol. The molecule has 0 unspecified atom stereocenters. The minimum absolute atomic E-state index is 0.203. The number of nitrogens with zero attached hydrogens (tertiary/aromatic N) is 2. The van der Waals surface area contributed by atoms with E-state index in [0.717, 1.165) is 32.6 Å². The summed E-state index contributed by atoms with van der Waals surface area (Å²) >= 11 is 9.86. The summed E-state index contributed by atoms with van der Waals surface area (Å²) in [6.45, 7) is 0. The van der Waals surface area contributed by atoms with Gasteiger partial charge in [-0.2, -0.15) is 5.10 Å². The van der Waals surface area contributed by atoms with Crippen molar-refractivity contribution in [2.24, 2.45) is 5.10 Å². The van der Waals surface area contributed by atoms with Crippen LogP contribution in [0, 0.1) is 0 Å². The Bertz CT molecular complexity index is 1310. The Hall–Kier alpha value is -3.03. The molecule has 0 radical (unpaired) electrons. The number of nitrogens with one attached hydrogen (secondary N) is 1. The number of hydrogen-bond donors (Lipinski definition) is 1. The van der Waals surface area contributed by atoms with Gasteiger partial charge >= 0.3 is 5.72 Å². The number of halogens is 2. The van der Waals surface area contributed by atoms with E-state index >= 15 is 0 Å². The number of amides is 1. The van der Waals surface area contributed by atoms with Crippen molar-refractivity contribution in [3.63, 3.8) is 0 Å². The molecule has 0 aliphatic carbocycles. The zero-order valence-electron chi connectivity index (χ0n) is 16.9. The van der Waals surface area contributed by atoms with Crippen LogP contribution in [0.3, 0.4) is 0 Å². The Kier molecular flexibility index (Phi) is 4.29. The molecule has 1 spiro atoms. The molecule has 6 nitrogen and oxygen atoms in total. The van der Waals surface area contributed by atoms with Gasteiger partial charge in [0.2, 0.25) is 0 Å². The van der Waals surface area contributed by atoms with E-state index in [-0.39, 0.29) is 11.9 Å². The fourth-order valence-corrected chi connectivity index (χ4v) is 5.18. The van der Waals surface area contributed by atoms with E-state index in [0.29, 0.717) is 22.9 Å². The van der Waals surface area contributed by atoms with Gasteiger partial charge < -0.3 is 14.8 Å². The third kappa shape index (κ3) is 2.71. The van der Waals surface area contributed by atoms with Gasteiger partial charge in [0.15, 0.2) is 0 Å². The van der Waals surface area contributed by atoms with Gasteiger partial charge in [-0.25, -0.2) is 5.01 Å². The molecule has 6 rings (SSSR count). The molecule has 0 fully saturated rings. The maximum absolute atomic E-state index is 13.5. The lowest BCUT2D eigenvalue weighted by Gasteiger charge is -2.44. The Balaban J connectivity index is 1.55. The number of rotatable bonds is 2. The minimum atomic E-state index is -1.40. The van der Waals surface area contributed by atoms with Crippen LogP contribution in [0.5, 0.6) is 11.5 Å². The fourth-order valence-electron chi connectivity index (χ4n) is 4.64. The first-order valence-corrected chi connectivity index (χ1v) is 11.3. The first kappa shape index (κ1) is 19.6. The standard InChI is InChI=1S/C24H17BrClN3O3/c1-31-16-6-2-13(3-7-16)20-12-21-17-11-15(26)5-9-22(17)32-24(29(21)28-20)18-10-14(25)4-8-19(18)27-23(24)30/h2-11,21H,12H2,1H3,(H,27,30)/t21-,24-/m0/s1. The molecule has 0 aromatic heterocycles. The molecular formula is C24H17BrClN3O3. The quantitative estimate of drug-likeness (QED) is 0.497. The van der Waals surface area contributed by atoms with Gasteiger partial charge in [0, 0.05) is 21.5 Å². The third-order valence-corrected chi connectivity index (χ3v) is 6.88. The van der Waals surface area contributed by atoms with Crippen LogP contribution in [0.15, 0.2) is 70.2 Å². The largest absolute Gasteiger partial charge is 0.497 e. The second-order valence-electron chi connectivity index (χ2n) is 7.91. The number of hydrogen-bond acceptors (Lipinski definition) is 5. The summed E-state index contributed by atoms with van der Waals surface area (Å²) < 4.78 is 12.6. The molecule has 3 aromatic carbocycles. The topological polar surface area (TPSA) is 63.2 Å². The van der Waals surface area contributed by atoms with Crippen molar-refractivity contribution in [3.05, 3.63) is 86.8 Å². The molecular weight excluding hydrogens is 494 g/mol. The van der Waals surface area contributed by atoms with Crippen LogP contribution in [0.4, 0.5) is 5.69 Å². The summed E-state index contributed by atoms with van der Waals surface area (Å²) in [5.74, 6) is 1.14. The molecule has 3 aliphatic heterocycles. The van der Waals surface area contributed by atoms with Crippen molar-refractivity contribution < 1.29 is 14.3 Å². The van der Waals surface area contributed by atoms with Crippen LogP contribution < -0.4 is 14.8 Å². The minimum Gasteiger partial charge on any atom is -0.497 e. The van der Waals surface area contributed by atoms with Crippen molar-refractivity contribution in [3.8, 4) is 11.5 Å². The Labute approximate surface area is 197 Å². The van der Waals surface area contributed by atoms with E-state index in [1.54, 1.807) is 18.2 Å². The average molecular weight is 511 g/mol. The smallest absolute Gasteiger partial charge is 0.306 e. The van der Waals surface area contributed by atoms with Crippen molar-refractivity contribution in [1.29, 1.82) is 0 Å². The van der Waals surface area contributed by atoms with E-state index in [9.17, 15) is 4.79 Å². The van der Waals surface area contributed by atoms with E-state index in [4.69, 9.17) is 26.2 Å². The zero-order chi connectivity index (χ0) is 22.0. The fraction of sp³-hybridized carbons (Fsp3) is 0.167. The molecule has 0 saturated heterocycles. The first-order valence-electron chi connectivity index (χ1n) is 10.1. The normalized spacial score (nSPS) is 22.6. The third-order valence-electron chi connectivity index (χ3n) is 6.15. The summed E-state index contributed by atoms with van der Waals surface area (Å²) in [6.07, 6.45) is 0.612. The molecule has 3 aromatic rings. The van der Waals surface area contributed by atoms with Crippen LogP contribution in [-0.2, 0) is 10.5 Å². The lowest BCUT2D eigenvalue weighted by molar-refractivity contribution is -0.161. The van der Waals surface area contributed by atoms with E-state index in [2.05, 4.69) is 21.2 Å². The lowest BCUT2D eigenvalue weighted by Crippen LogP contribution is -2.55. The first-order chi connectivity index (χ1) is 15.5. The molecule has 160 valence electrons. The highest BCUT2D eigenvalue weighted by Gasteiger charge is 2.61. The number of benzene rings is 3. The van der Waals surface area contributed by atoms with E-state index < -0.39 is 5.72 Å². The van der Waals surface area contributed by atoms with Crippen LogP contribution >= 0.6 is 27.5 Å². The summed E-state index contributed by atoms with van der Waals surface area (Å²) in [6, 6.07) is 18.7. The predicted molar refractivity (Wildman–Crippen MR) is 125 cm³/mol. The van der Waals surface area contributed by atoms with Gasteiger partial charge in [-0.15, -0.1) is 0 Å². The molecule has 8 heteroatoms. The van der Waals surface area contributed by atoms with E-state index in [1.807, 2.05) is 54.6 Å². The SMILES string of the molecule is COc1ccc(C2=NN3[C@@H](C2)c2cc(Cl)ccc2O[C@@]32C(=O)Nc3ccc(Br)cc32)cc1. The second kappa shape index (κ2) is 6.98. The lowest BCUT2D eigenvalue weighted by atomic mass is 9.92. The number of ether oxygens (including phenoxy) is 2. The Morgan fingerprint density at radius 1 is 1.19 bits per heavy atom. The van der Waals surface area contributed by atoms with Crippen LogP contribution in [0.25, 0.3) is 0 Å². The molecule has 0 bridgehead atoms. The van der Waals surface area contributed by atoms with Crippen molar-refractivity contribution in [2.75, 3.05) is 12.4 Å². The molecule has 3 aliphatic rings. The van der Waals surface area contributed by atoms with Crippen molar-refractivity contribution in [2.45, 2.75) is 18.2 Å². The summed E-state index contributed by atoms with van der Waals surface area (Å²) in [4.78, 5) is 13.5. The van der Waals surface area contributed by atoms with Gasteiger partial charge in [0.1, 0.15) is 11.5 Å². The maximum Gasteiger partial charge on any atom is 0.306 e. The van der Waals surface area contributed by atoms with Gasteiger partial charge in [0.25, 0.3) is 5.91 Å². The summed E-state index contributed by atoms with van der Waals surface area (Å²) in [7, 11) is 1.64. The van der Waals surface area contributed by atoms with Gasteiger partial charge in [0.05, 0.1) is 30.1 Å². The Morgan fingerprint density at radius 2 is 2.00 bits per heavy atom. The Morgan fingerprint density at radius 3 is 2.78 bits per heavy atom. The number of hydrazone groups is 1.